The molecule has 3 atom stereocenters. The molecule has 206 valence electrons. The Bertz CT molecular complexity index is 1670. The van der Waals surface area contributed by atoms with Gasteiger partial charge >= 0.3 is 0 Å². The Balaban J connectivity index is 1.63. The second-order valence-electron chi connectivity index (χ2n) is 10.9. The first-order chi connectivity index (χ1) is 20.8. The minimum atomic E-state index is -0.897. The maximum atomic E-state index is 5.61. The van der Waals surface area contributed by atoms with Crippen LogP contribution in [-0.4, -0.2) is 6.16 Å². The molecule has 7 rings (SSSR count). The van der Waals surface area contributed by atoms with Gasteiger partial charge in [0.15, 0.2) is 10.6 Å². The second-order valence-corrected chi connectivity index (χ2v) is 17.1. The monoisotopic (exact) mass is 580 g/mol. The van der Waals surface area contributed by atoms with Crippen molar-refractivity contribution in [3.63, 3.8) is 0 Å². The first-order valence-electron chi connectivity index (χ1n) is 14.8. The lowest BCUT2D eigenvalue weighted by Crippen LogP contribution is -2.26. The molecule has 42 heavy (non-hydrogen) atoms. The lowest BCUT2D eigenvalue weighted by atomic mass is 9.90. The van der Waals surface area contributed by atoms with Gasteiger partial charge in [-0.25, -0.2) is 0 Å². The molecule has 0 aromatic heterocycles. The minimum Gasteiger partial charge on any atom is -0.171 e. The topological polar surface area (TPSA) is 24.7 Å². The summed E-state index contributed by atoms with van der Waals surface area (Å²) in [5.41, 5.74) is 7.68. The van der Waals surface area contributed by atoms with Crippen LogP contribution < -0.4 is 0 Å². The fourth-order valence-electron chi connectivity index (χ4n) is 6.58. The maximum absolute atomic E-state index is 5.61. The highest BCUT2D eigenvalue weighted by Crippen LogP contribution is 2.99. The number of benzene rings is 5. The fourth-order valence-corrected chi connectivity index (χ4v) is 17.9. The molecule has 5 aromatic carbocycles. The van der Waals surface area contributed by atoms with E-state index in [1.807, 2.05) is 0 Å². The predicted octanol–water partition coefficient (Wildman–Crippen LogP) is 11.5. The number of azo groups is 1. The van der Waals surface area contributed by atoms with Crippen LogP contribution in [0.25, 0.3) is 10.9 Å². The van der Waals surface area contributed by atoms with Crippen molar-refractivity contribution in [2.75, 3.05) is 6.16 Å². The molecule has 2 aliphatic heterocycles. The van der Waals surface area contributed by atoms with E-state index in [2.05, 4.69) is 159 Å². The highest BCUT2D eigenvalue weighted by atomic mass is 32.1. The van der Waals surface area contributed by atoms with E-state index in [0.29, 0.717) is 0 Å². The van der Waals surface area contributed by atoms with Gasteiger partial charge in [-0.3, -0.25) is 0 Å². The number of hydrogen-bond acceptors (Lipinski definition) is 2. The molecular formula is C38H34N2P2. The number of hydrogen-bond donors (Lipinski definition) is 0. The molecular weight excluding hydrogens is 546 g/mol. The summed E-state index contributed by atoms with van der Waals surface area (Å²) in [6, 6.07) is 55.3. The first kappa shape index (κ1) is 27.2. The molecule has 3 unspecified atom stereocenters. The zero-order chi connectivity index (χ0) is 28.4. The van der Waals surface area contributed by atoms with Gasteiger partial charge < -0.3 is 0 Å². The SMILES string of the molecule is CCCCP1C(c2ccccc2)=C(c2ccccc2)C2(c3ccccc3)N=NC(c3ccccc3)(c3ccccc3)P12. The van der Waals surface area contributed by atoms with Crippen LogP contribution in [0.2, 0.25) is 0 Å². The first-order valence-corrected chi connectivity index (χ1v) is 18.4. The highest BCUT2D eigenvalue weighted by Gasteiger charge is 2.67. The lowest BCUT2D eigenvalue weighted by molar-refractivity contribution is 0.720. The molecule has 2 nitrogen and oxygen atoms in total. The van der Waals surface area contributed by atoms with E-state index in [0.717, 1.165) is 0 Å². The highest BCUT2D eigenvalue weighted by molar-refractivity contribution is 8.36. The molecule has 0 fully saturated rings. The van der Waals surface area contributed by atoms with Gasteiger partial charge in [0.1, 0.15) is 0 Å². The molecule has 0 saturated heterocycles. The van der Waals surface area contributed by atoms with E-state index in [1.54, 1.807) is 0 Å². The van der Waals surface area contributed by atoms with Crippen molar-refractivity contribution >= 4 is 26.1 Å². The molecule has 0 N–H and O–H groups in total. The van der Waals surface area contributed by atoms with Gasteiger partial charge in [-0.1, -0.05) is 165 Å². The second kappa shape index (κ2) is 11.5. The Morgan fingerprint density at radius 2 is 0.905 bits per heavy atom. The summed E-state index contributed by atoms with van der Waals surface area (Å²) >= 11 is 0. The van der Waals surface area contributed by atoms with E-state index in [1.165, 1.54) is 57.7 Å². The van der Waals surface area contributed by atoms with Gasteiger partial charge in [-0.15, -0.1) is 0 Å². The smallest absolute Gasteiger partial charge is 0.158 e. The molecule has 4 heteroatoms. The Labute approximate surface area is 251 Å². The van der Waals surface area contributed by atoms with Crippen LogP contribution >= 0.6 is 15.2 Å². The van der Waals surface area contributed by atoms with Crippen LogP contribution in [0.3, 0.4) is 0 Å². The molecule has 0 saturated carbocycles. The number of unbranched alkanes of at least 4 members (excludes halogenated alkanes) is 1. The normalized spacial score (nSPS) is 22.3. The van der Waals surface area contributed by atoms with Gasteiger partial charge in [0.05, 0.1) is 0 Å². The third-order valence-electron chi connectivity index (χ3n) is 8.40. The van der Waals surface area contributed by atoms with Crippen LogP contribution in [0, 0.1) is 0 Å². The molecule has 2 heterocycles. The summed E-state index contributed by atoms with van der Waals surface area (Å²) in [6.07, 6.45) is 3.52. The fraction of sp³-hybridized carbons (Fsp3) is 0.158. The van der Waals surface area contributed by atoms with Crippen molar-refractivity contribution in [1.82, 2.24) is 0 Å². The number of nitrogens with zero attached hydrogens (tertiary/aromatic N) is 2. The van der Waals surface area contributed by atoms with Gasteiger partial charge in [0.2, 0.25) is 0 Å². The largest absolute Gasteiger partial charge is 0.171 e. The number of fused-ring (bicyclic) bond motifs is 1. The molecule has 0 bridgehead atoms. The number of rotatable bonds is 8. The Kier molecular flexibility index (Phi) is 7.45. The van der Waals surface area contributed by atoms with E-state index < -0.39 is 25.8 Å². The van der Waals surface area contributed by atoms with Crippen LogP contribution in [-0.2, 0) is 10.6 Å². The van der Waals surface area contributed by atoms with E-state index in [-0.39, 0.29) is 0 Å². The van der Waals surface area contributed by atoms with Crippen molar-refractivity contribution in [1.29, 1.82) is 0 Å². The summed E-state index contributed by atoms with van der Waals surface area (Å²) in [5, 5.41) is 11.5. The zero-order valence-corrected chi connectivity index (χ0v) is 25.6. The van der Waals surface area contributed by atoms with Crippen molar-refractivity contribution in [2.24, 2.45) is 10.2 Å². The molecule has 5 aromatic rings. The zero-order valence-electron chi connectivity index (χ0n) is 23.8. The van der Waals surface area contributed by atoms with Crippen LogP contribution in [0.5, 0.6) is 0 Å². The molecule has 0 radical (unpaired) electrons. The van der Waals surface area contributed by atoms with Gasteiger partial charge in [-0.05, 0) is 53.3 Å². The van der Waals surface area contributed by atoms with Crippen molar-refractivity contribution in [3.05, 3.63) is 179 Å². The van der Waals surface area contributed by atoms with E-state index in [9.17, 15) is 0 Å². The van der Waals surface area contributed by atoms with Crippen molar-refractivity contribution < 1.29 is 0 Å². The molecule has 0 amide bonds. The Morgan fingerprint density at radius 1 is 0.500 bits per heavy atom. The van der Waals surface area contributed by atoms with Crippen molar-refractivity contribution in [2.45, 2.75) is 30.3 Å². The minimum absolute atomic E-state index is 0.552. The molecule has 0 spiro atoms. The maximum Gasteiger partial charge on any atom is 0.158 e. The Morgan fingerprint density at radius 3 is 1.38 bits per heavy atom. The van der Waals surface area contributed by atoms with E-state index >= 15 is 0 Å². The van der Waals surface area contributed by atoms with Crippen LogP contribution in [0.1, 0.15) is 47.6 Å². The summed E-state index contributed by atoms with van der Waals surface area (Å²) in [7, 11) is -1.54. The third-order valence-corrected chi connectivity index (χ3v) is 17.4. The van der Waals surface area contributed by atoms with Crippen LogP contribution in [0.15, 0.2) is 162 Å². The van der Waals surface area contributed by atoms with E-state index in [4.69, 9.17) is 10.2 Å². The average molecular weight is 581 g/mol. The van der Waals surface area contributed by atoms with Crippen LogP contribution in [0.4, 0.5) is 0 Å². The summed E-state index contributed by atoms with van der Waals surface area (Å²) < 4.78 is 0. The Hall–Kier alpha value is -3.70. The summed E-state index contributed by atoms with van der Waals surface area (Å²) in [4.78, 5) is 0. The van der Waals surface area contributed by atoms with Gasteiger partial charge in [0, 0.05) is 13.2 Å². The molecule has 2 aliphatic rings. The summed E-state index contributed by atoms with van der Waals surface area (Å²) in [6.45, 7) is 2.32. The summed E-state index contributed by atoms with van der Waals surface area (Å²) in [5.74, 6) is 0. The quantitative estimate of drug-likeness (QED) is 0.163. The molecule has 0 aliphatic carbocycles. The van der Waals surface area contributed by atoms with Crippen molar-refractivity contribution in [3.8, 4) is 0 Å². The van der Waals surface area contributed by atoms with Gasteiger partial charge in [0.25, 0.3) is 0 Å². The standard InChI is InChI=1S/C38H34N2P2/c1-2-3-29-41-36(31-21-11-5-12-22-31)35(30-19-9-4-10-20-30)38(34-27-17-8-18-28-34)40-39-37(42(38)41,32-23-13-6-14-24-32)33-25-15-7-16-26-33/h4-28H,2-3,29H2,1H3. The predicted molar refractivity (Wildman–Crippen MR) is 180 cm³/mol. The lowest BCUT2D eigenvalue weighted by Gasteiger charge is -2.41. The third kappa shape index (κ3) is 4.24. The average Bonchev–Trinajstić information content (AvgIpc) is 3.58. The van der Waals surface area contributed by atoms with Gasteiger partial charge in [-0.2, -0.15) is 10.2 Å².